The van der Waals surface area contributed by atoms with E-state index in [9.17, 15) is 10.1 Å². The number of nitriles is 1. The van der Waals surface area contributed by atoms with Gasteiger partial charge in [0.05, 0.1) is 11.3 Å². The lowest BCUT2D eigenvalue weighted by Crippen LogP contribution is -2.28. The number of esters is 1. The van der Waals surface area contributed by atoms with Gasteiger partial charge >= 0.3 is 5.97 Å². The van der Waals surface area contributed by atoms with E-state index in [1.165, 1.54) is 11.8 Å². The van der Waals surface area contributed by atoms with E-state index >= 15 is 0 Å². The predicted molar refractivity (Wildman–Crippen MR) is 127 cm³/mol. The number of likely N-dealkylation sites (N-methyl/N-ethyl adjacent to an activating group) is 1. The molecule has 2 heterocycles. The van der Waals surface area contributed by atoms with E-state index in [0.29, 0.717) is 27.9 Å². The number of carbonyl (C=O) groups is 1. The Morgan fingerprint density at radius 2 is 2.00 bits per heavy atom. The van der Waals surface area contributed by atoms with E-state index in [1.54, 1.807) is 6.07 Å². The standard InChI is InChI=1S/C25H22ClN3O2S/c1-16-7-3-6-10-22(16)31-23(30)15-32-25-18(13-27)24(17-8-4-5-9-20(17)26)19-14-29(2)12-11-21(19)28-25/h3-10H,11-12,14-15H2,1-2H3. The molecule has 0 saturated heterocycles. The van der Waals surface area contributed by atoms with Crippen LogP contribution in [0.5, 0.6) is 5.75 Å². The summed E-state index contributed by atoms with van der Waals surface area (Å²) in [5.41, 5.74) is 4.93. The van der Waals surface area contributed by atoms with Gasteiger partial charge in [0.2, 0.25) is 0 Å². The molecular formula is C25H22ClN3O2S. The fourth-order valence-electron chi connectivity index (χ4n) is 3.79. The minimum atomic E-state index is -0.383. The number of aromatic nitrogens is 1. The van der Waals surface area contributed by atoms with Crippen LogP contribution in [-0.4, -0.2) is 35.2 Å². The van der Waals surface area contributed by atoms with Crippen molar-refractivity contribution in [2.45, 2.75) is 24.9 Å². The van der Waals surface area contributed by atoms with Crippen molar-refractivity contribution in [2.75, 3.05) is 19.3 Å². The number of fused-ring (bicyclic) bond motifs is 1. The first-order chi connectivity index (χ1) is 15.5. The van der Waals surface area contributed by atoms with Gasteiger partial charge in [-0.3, -0.25) is 4.79 Å². The molecule has 0 spiro atoms. The molecule has 0 unspecified atom stereocenters. The van der Waals surface area contributed by atoms with Crippen LogP contribution >= 0.6 is 23.4 Å². The van der Waals surface area contributed by atoms with E-state index in [2.05, 4.69) is 18.0 Å². The van der Waals surface area contributed by atoms with Crippen LogP contribution < -0.4 is 4.74 Å². The zero-order valence-corrected chi connectivity index (χ0v) is 19.5. The number of rotatable bonds is 5. The number of carbonyl (C=O) groups excluding carboxylic acids is 1. The molecule has 1 aromatic heterocycles. The number of pyridine rings is 1. The van der Waals surface area contributed by atoms with Gasteiger partial charge in [0.1, 0.15) is 16.8 Å². The van der Waals surface area contributed by atoms with Gasteiger partial charge in [-0.2, -0.15) is 5.26 Å². The van der Waals surface area contributed by atoms with Gasteiger partial charge in [0, 0.05) is 41.4 Å². The van der Waals surface area contributed by atoms with Crippen molar-refractivity contribution >= 4 is 29.3 Å². The Kier molecular flexibility index (Phi) is 6.80. The van der Waals surface area contributed by atoms with Crippen LogP contribution in [0, 0.1) is 18.3 Å². The maximum atomic E-state index is 12.5. The first kappa shape index (κ1) is 22.3. The molecule has 3 aromatic rings. The van der Waals surface area contributed by atoms with Gasteiger partial charge in [-0.05, 0) is 37.2 Å². The number of hydrogen-bond acceptors (Lipinski definition) is 6. The summed E-state index contributed by atoms with van der Waals surface area (Å²) in [6.07, 6.45) is 0.774. The van der Waals surface area contributed by atoms with Crippen molar-refractivity contribution in [1.29, 1.82) is 5.26 Å². The summed E-state index contributed by atoms with van der Waals surface area (Å²) in [4.78, 5) is 19.5. The molecule has 0 radical (unpaired) electrons. The molecule has 4 rings (SSSR count). The Hall–Kier alpha value is -2.85. The van der Waals surface area contributed by atoms with Crippen molar-refractivity contribution in [3.8, 4) is 22.9 Å². The predicted octanol–water partition coefficient (Wildman–Crippen LogP) is 5.27. The number of benzene rings is 2. The average Bonchev–Trinajstić information content (AvgIpc) is 2.79. The van der Waals surface area contributed by atoms with E-state index in [0.717, 1.165) is 40.9 Å². The number of ether oxygens (including phenoxy) is 1. The van der Waals surface area contributed by atoms with E-state index in [-0.39, 0.29) is 11.7 Å². The minimum Gasteiger partial charge on any atom is -0.426 e. The molecule has 0 atom stereocenters. The summed E-state index contributed by atoms with van der Waals surface area (Å²) in [7, 11) is 2.05. The lowest BCUT2D eigenvalue weighted by atomic mass is 9.92. The molecule has 162 valence electrons. The summed E-state index contributed by atoms with van der Waals surface area (Å²) in [6, 6.07) is 17.2. The second-order valence-corrected chi connectivity index (χ2v) is 9.07. The summed E-state index contributed by atoms with van der Waals surface area (Å²) >= 11 is 7.76. The van der Waals surface area contributed by atoms with Crippen LogP contribution in [0.2, 0.25) is 5.02 Å². The quantitative estimate of drug-likeness (QED) is 0.292. The van der Waals surface area contributed by atoms with E-state index < -0.39 is 0 Å². The van der Waals surface area contributed by atoms with Crippen LogP contribution in [0.4, 0.5) is 0 Å². The lowest BCUT2D eigenvalue weighted by molar-refractivity contribution is -0.131. The topological polar surface area (TPSA) is 66.2 Å². The van der Waals surface area contributed by atoms with Crippen LogP contribution in [0.3, 0.4) is 0 Å². The molecule has 0 saturated carbocycles. The van der Waals surface area contributed by atoms with Crippen molar-refractivity contribution < 1.29 is 9.53 Å². The zero-order chi connectivity index (χ0) is 22.7. The normalized spacial score (nSPS) is 13.3. The second-order valence-electron chi connectivity index (χ2n) is 7.70. The molecule has 0 bridgehead atoms. The molecule has 0 fully saturated rings. The molecule has 0 aliphatic carbocycles. The van der Waals surface area contributed by atoms with Crippen molar-refractivity contribution in [2.24, 2.45) is 0 Å². The Bertz CT molecular complexity index is 1220. The largest absolute Gasteiger partial charge is 0.426 e. The zero-order valence-electron chi connectivity index (χ0n) is 17.9. The van der Waals surface area contributed by atoms with Crippen LogP contribution in [-0.2, 0) is 17.8 Å². The third kappa shape index (κ3) is 4.66. The highest BCUT2D eigenvalue weighted by Gasteiger charge is 2.26. The third-order valence-electron chi connectivity index (χ3n) is 5.41. The summed E-state index contributed by atoms with van der Waals surface area (Å²) in [5.74, 6) is 0.208. The summed E-state index contributed by atoms with van der Waals surface area (Å²) in [5, 5.41) is 11.2. The summed E-state index contributed by atoms with van der Waals surface area (Å²) < 4.78 is 5.50. The van der Waals surface area contributed by atoms with Crippen LogP contribution in [0.15, 0.2) is 53.6 Å². The molecule has 1 aliphatic rings. The fraction of sp³-hybridized carbons (Fsp3) is 0.240. The second kappa shape index (κ2) is 9.74. The summed E-state index contributed by atoms with van der Waals surface area (Å²) in [6.45, 7) is 3.46. The fourth-order valence-corrected chi connectivity index (χ4v) is 4.80. The number of halogens is 1. The lowest BCUT2D eigenvalue weighted by Gasteiger charge is -2.28. The Balaban J connectivity index is 1.69. The molecule has 5 nitrogen and oxygen atoms in total. The number of nitrogens with zero attached hydrogens (tertiary/aromatic N) is 3. The molecule has 32 heavy (non-hydrogen) atoms. The van der Waals surface area contributed by atoms with Crippen LogP contribution in [0.25, 0.3) is 11.1 Å². The molecule has 7 heteroatoms. The van der Waals surface area contributed by atoms with Gasteiger partial charge in [0.15, 0.2) is 0 Å². The van der Waals surface area contributed by atoms with Gasteiger partial charge in [0.25, 0.3) is 0 Å². The van der Waals surface area contributed by atoms with Crippen molar-refractivity contribution in [1.82, 2.24) is 9.88 Å². The molecular weight excluding hydrogens is 442 g/mol. The van der Waals surface area contributed by atoms with Gasteiger partial charge in [-0.1, -0.05) is 59.8 Å². The number of para-hydroxylation sites is 1. The Labute approximate surface area is 197 Å². The number of hydrogen-bond donors (Lipinski definition) is 0. The maximum Gasteiger partial charge on any atom is 0.321 e. The van der Waals surface area contributed by atoms with Crippen molar-refractivity contribution in [3.05, 3.63) is 75.9 Å². The smallest absolute Gasteiger partial charge is 0.321 e. The number of thioether (sulfide) groups is 1. The third-order valence-corrected chi connectivity index (χ3v) is 6.69. The first-order valence-corrected chi connectivity index (χ1v) is 11.6. The Morgan fingerprint density at radius 3 is 2.75 bits per heavy atom. The van der Waals surface area contributed by atoms with E-state index in [1.807, 2.05) is 49.4 Å². The highest BCUT2D eigenvalue weighted by molar-refractivity contribution is 7.99. The van der Waals surface area contributed by atoms with Gasteiger partial charge in [-0.15, -0.1) is 0 Å². The van der Waals surface area contributed by atoms with Gasteiger partial charge in [-0.25, -0.2) is 4.98 Å². The first-order valence-electron chi connectivity index (χ1n) is 10.3. The molecule has 0 N–H and O–H groups in total. The minimum absolute atomic E-state index is 0.0522. The van der Waals surface area contributed by atoms with Crippen molar-refractivity contribution in [3.63, 3.8) is 0 Å². The highest BCUT2D eigenvalue weighted by atomic mass is 35.5. The molecule has 2 aromatic carbocycles. The Morgan fingerprint density at radius 1 is 1.25 bits per heavy atom. The maximum absolute atomic E-state index is 12.5. The average molecular weight is 464 g/mol. The molecule has 0 amide bonds. The molecule has 1 aliphatic heterocycles. The van der Waals surface area contributed by atoms with Gasteiger partial charge < -0.3 is 9.64 Å². The van der Waals surface area contributed by atoms with Crippen LogP contribution in [0.1, 0.15) is 22.4 Å². The highest BCUT2D eigenvalue weighted by Crippen LogP contribution is 2.39. The monoisotopic (exact) mass is 463 g/mol. The SMILES string of the molecule is Cc1ccccc1OC(=O)CSc1nc2c(c(-c3ccccc3Cl)c1C#N)CN(C)CC2. The van der Waals surface area contributed by atoms with E-state index in [4.69, 9.17) is 21.3 Å². The number of aryl methyl sites for hydroxylation is 1.